The van der Waals surface area contributed by atoms with E-state index in [1.54, 1.807) is 18.2 Å². The van der Waals surface area contributed by atoms with Gasteiger partial charge in [0.05, 0.1) is 7.11 Å². The molecule has 25 heavy (non-hydrogen) atoms. The molecule has 2 aromatic rings. The fourth-order valence-electron chi connectivity index (χ4n) is 2.99. The summed E-state index contributed by atoms with van der Waals surface area (Å²) in [5.41, 5.74) is 4.83. The quantitative estimate of drug-likeness (QED) is 0.809. The van der Waals surface area contributed by atoms with E-state index in [0.29, 0.717) is 18.1 Å². The summed E-state index contributed by atoms with van der Waals surface area (Å²) >= 11 is 0. The van der Waals surface area contributed by atoms with Gasteiger partial charge >= 0.3 is 0 Å². The summed E-state index contributed by atoms with van der Waals surface area (Å²) in [7, 11) is 1.52. The van der Waals surface area contributed by atoms with Gasteiger partial charge in [0.1, 0.15) is 0 Å². The van der Waals surface area contributed by atoms with Crippen LogP contribution in [0.2, 0.25) is 0 Å². The largest absolute Gasteiger partial charge is 0.504 e. The van der Waals surface area contributed by atoms with Crippen molar-refractivity contribution in [2.75, 3.05) is 7.11 Å². The first kappa shape index (κ1) is 17.0. The van der Waals surface area contributed by atoms with Crippen LogP contribution in [-0.4, -0.2) is 18.0 Å². The molecule has 0 spiro atoms. The van der Waals surface area contributed by atoms with Crippen molar-refractivity contribution in [3.8, 4) is 11.5 Å². The smallest absolute Gasteiger partial charge is 0.189 e. The summed E-state index contributed by atoms with van der Waals surface area (Å²) in [4.78, 5) is 12.6. The molecule has 1 aliphatic rings. The average molecular weight is 334 g/mol. The molecular formula is C22H22O3. The molecule has 0 aliphatic heterocycles. The SMILES string of the molecule is COc1cc(/C=C/C=C2\Cc3ccc(C(C)C)cc3C2=O)ccc1O. The number of fused-ring (bicyclic) bond motifs is 1. The zero-order chi connectivity index (χ0) is 18.0. The lowest BCUT2D eigenvalue weighted by Gasteiger charge is -2.06. The molecule has 0 fully saturated rings. The Kier molecular flexibility index (Phi) is 4.75. The van der Waals surface area contributed by atoms with Gasteiger partial charge in [-0.1, -0.05) is 50.3 Å². The second-order valence-electron chi connectivity index (χ2n) is 6.56. The molecule has 0 heterocycles. The molecule has 0 saturated heterocycles. The minimum absolute atomic E-state index is 0.111. The lowest BCUT2D eigenvalue weighted by atomic mass is 9.98. The minimum Gasteiger partial charge on any atom is -0.504 e. The van der Waals surface area contributed by atoms with Crippen LogP contribution in [0.4, 0.5) is 0 Å². The Labute approximate surface area is 148 Å². The lowest BCUT2D eigenvalue weighted by Crippen LogP contribution is -1.97. The van der Waals surface area contributed by atoms with Crippen LogP contribution in [0.3, 0.4) is 0 Å². The molecule has 3 heteroatoms. The zero-order valence-corrected chi connectivity index (χ0v) is 14.7. The Morgan fingerprint density at radius 2 is 1.96 bits per heavy atom. The van der Waals surface area contributed by atoms with Crippen molar-refractivity contribution >= 4 is 11.9 Å². The number of ketones is 1. The van der Waals surface area contributed by atoms with E-state index in [4.69, 9.17) is 4.74 Å². The van der Waals surface area contributed by atoms with Gasteiger partial charge in [-0.05, 0) is 40.8 Å². The maximum Gasteiger partial charge on any atom is 0.189 e. The molecule has 0 atom stereocenters. The molecule has 2 aromatic carbocycles. The highest BCUT2D eigenvalue weighted by Crippen LogP contribution is 2.30. The van der Waals surface area contributed by atoms with E-state index >= 15 is 0 Å². The van der Waals surface area contributed by atoms with Crippen molar-refractivity contribution in [3.05, 3.63) is 76.4 Å². The number of carbonyl (C=O) groups excluding carboxylic acids is 1. The number of hydrogen-bond donors (Lipinski definition) is 1. The normalized spacial score (nSPS) is 15.4. The lowest BCUT2D eigenvalue weighted by molar-refractivity contribution is 0.103. The van der Waals surface area contributed by atoms with E-state index in [1.165, 1.54) is 12.7 Å². The van der Waals surface area contributed by atoms with Gasteiger partial charge in [0.25, 0.3) is 0 Å². The summed E-state index contributed by atoms with van der Waals surface area (Å²) in [6.07, 6.45) is 6.31. The number of methoxy groups -OCH3 is 1. The van der Waals surface area contributed by atoms with Gasteiger partial charge in [-0.25, -0.2) is 0 Å². The Morgan fingerprint density at radius 1 is 1.16 bits per heavy atom. The number of Topliss-reactive ketones (excluding diaryl/α,β-unsaturated/α-hetero) is 1. The topological polar surface area (TPSA) is 46.5 Å². The number of rotatable bonds is 4. The van der Waals surface area contributed by atoms with E-state index < -0.39 is 0 Å². The zero-order valence-electron chi connectivity index (χ0n) is 14.7. The number of carbonyl (C=O) groups is 1. The van der Waals surface area contributed by atoms with Gasteiger partial charge in [0.2, 0.25) is 0 Å². The van der Waals surface area contributed by atoms with Crippen molar-refractivity contribution in [2.24, 2.45) is 0 Å². The first-order valence-corrected chi connectivity index (χ1v) is 8.41. The number of phenols is 1. The number of benzene rings is 2. The van der Waals surface area contributed by atoms with Crippen LogP contribution >= 0.6 is 0 Å². The van der Waals surface area contributed by atoms with Crippen molar-refractivity contribution in [1.29, 1.82) is 0 Å². The van der Waals surface area contributed by atoms with E-state index in [0.717, 1.165) is 22.3 Å². The molecule has 0 amide bonds. The van der Waals surface area contributed by atoms with Crippen LogP contribution in [-0.2, 0) is 6.42 Å². The number of hydrogen-bond acceptors (Lipinski definition) is 3. The molecule has 0 bridgehead atoms. The highest BCUT2D eigenvalue weighted by atomic mass is 16.5. The molecule has 0 unspecified atom stereocenters. The molecule has 1 N–H and O–H groups in total. The Balaban J connectivity index is 1.80. The number of aromatic hydroxyl groups is 1. The molecule has 3 nitrogen and oxygen atoms in total. The highest BCUT2D eigenvalue weighted by Gasteiger charge is 2.24. The first-order chi connectivity index (χ1) is 12.0. The molecule has 0 saturated carbocycles. The molecule has 128 valence electrons. The van der Waals surface area contributed by atoms with Gasteiger partial charge in [-0.2, -0.15) is 0 Å². The Morgan fingerprint density at radius 3 is 2.68 bits per heavy atom. The maximum atomic E-state index is 12.6. The van der Waals surface area contributed by atoms with Crippen LogP contribution < -0.4 is 4.74 Å². The standard InChI is InChI=1S/C22H22O3/c1-14(2)16-8-9-17-12-18(22(24)19(17)13-16)6-4-5-15-7-10-20(23)21(11-15)25-3/h4-11,13-14,23H,12H2,1-3H3/b5-4+,18-6+. The van der Waals surface area contributed by atoms with Crippen LogP contribution in [0.15, 0.2) is 54.1 Å². The van der Waals surface area contributed by atoms with Gasteiger partial charge in [0.15, 0.2) is 17.3 Å². The van der Waals surface area contributed by atoms with Gasteiger partial charge in [-0.3, -0.25) is 4.79 Å². The van der Waals surface area contributed by atoms with Crippen LogP contribution in [0.5, 0.6) is 11.5 Å². The van der Waals surface area contributed by atoms with E-state index in [9.17, 15) is 9.90 Å². The Bertz CT molecular complexity index is 873. The van der Waals surface area contributed by atoms with E-state index in [2.05, 4.69) is 26.0 Å². The Hall–Kier alpha value is -2.81. The average Bonchev–Trinajstić information content (AvgIpc) is 2.92. The third-order valence-electron chi connectivity index (χ3n) is 4.51. The fraction of sp³-hybridized carbons (Fsp3) is 0.227. The summed E-state index contributed by atoms with van der Waals surface area (Å²) in [6.45, 7) is 4.26. The molecule has 3 rings (SSSR count). The molecular weight excluding hydrogens is 312 g/mol. The van der Waals surface area contributed by atoms with E-state index in [1.807, 2.05) is 24.3 Å². The van der Waals surface area contributed by atoms with Crippen molar-refractivity contribution < 1.29 is 14.6 Å². The summed E-state index contributed by atoms with van der Waals surface area (Å²) in [5.74, 6) is 1.07. The first-order valence-electron chi connectivity index (χ1n) is 8.41. The predicted molar refractivity (Wildman–Crippen MR) is 100 cm³/mol. The van der Waals surface area contributed by atoms with Crippen molar-refractivity contribution in [1.82, 2.24) is 0 Å². The van der Waals surface area contributed by atoms with Gasteiger partial charge in [0, 0.05) is 17.6 Å². The van der Waals surface area contributed by atoms with Gasteiger partial charge < -0.3 is 9.84 Å². The van der Waals surface area contributed by atoms with Crippen LogP contribution in [0, 0.1) is 0 Å². The predicted octanol–water partition coefficient (Wildman–Crippen LogP) is 4.90. The fourth-order valence-corrected chi connectivity index (χ4v) is 2.99. The van der Waals surface area contributed by atoms with Crippen molar-refractivity contribution in [3.63, 3.8) is 0 Å². The second kappa shape index (κ2) is 6.98. The summed E-state index contributed by atoms with van der Waals surface area (Å²) in [6, 6.07) is 11.3. The molecule has 0 aromatic heterocycles. The van der Waals surface area contributed by atoms with Gasteiger partial charge in [-0.15, -0.1) is 0 Å². The molecule has 1 aliphatic carbocycles. The summed E-state index contributed by atoms with van der Waals surface area (Å²) in [5, 5.41) is 9.62. The van der Waals surface area contributed by atoms with E-state index in [-0.39, 0.29) is 11.5 Å². The number of allylic oxidation sites excluding steroid dienone is 3. The minimum atomic E-state index is 0.111. The third kappa shape index (κ3) is 3.50. The number of phenolic OH excluding ortho intramolecular Hbond substituents is 1. The second-order valence-corrected chi connectivity index (χ2v) is 6.56. The van der Waals surface area contributed by atoms with Crippen LogP contribution in [0.1, 0.15) is 46.8 Å². The maximum absolute atomic E-state index is 12.6. The monoisotopic (exact) mass is 334 g/mol. The van der Waals surface area contributed by atoms with Crippen molar-refractivity contribution in [2.45, 2.75) is 26.2 Å². The van der Waals surface area contributed by atoms with Crippen LogP contribution in [0.25, 0.3) is 6.08 Å². The molecule has 0 radical (unpaired) electrons. The summed E-state index contributed by atoms with van der Waals surface area (Å²) < 4.78 is 5.10. The highest BCUT2D eigenvalue weighted by molar-refractivity contribution is 6.13. The number of ether oxygens (including phenoxy) is 1. The third-order valence-corrected chi connectivity index (χ3v) is 4.51.